The Labute approximate surface area is 195 Å². The van der Waals surface area contributed by atoms with E-state index in [1.54, 1.807) is 12.1 Å². The lowest BCUT2D eigenvalue weighted by Crippen LogP contribution is -2.38. The van der Waals surface area contributed by atoms with Gasteiger partial charge in [0.25, 0.3) is 5.97 Å². The average molecular weight is 460 g/mol. The molecule has 2 fully saturated rings. The minimum atomic E-state index is -0.833. The van der Waals surface area contributed by atoms with E-state index in [0.29, 0.717) is 23.9 Å². The monoisotopic (exact) mass is 459 g/mol. The Hall–Kier alpha value is -3.03. The van der Waals surface area contributed by atoms with Crippen molar-refractivity contribution >= 4 is 17.3 Å². The molecule has 7 nitrogen and oxygen atoms in total. The molecular weight excluding hydrogens is 425 g/mol. The summed E-state index contributed by atoms with van der Waals surface area (Å²) in [6.07, 6.45) is 4.94. The molecule has 0 amide bonds. The van der Waals surface area contributed by atoms with Crippen molar-refractivity contribution in [2.45, 2.75) is 46.1 Å². The van der Waals surface area contributed by atoms with Gasteiger partial charge in [-0.05, 0) is 37.5 Å². The van der Waals surface area contributed by atoms with Crippen LogP contribution in [0.25, 0.3) is 0 Å². The molecule has 0 aliphatic carbocycles. The number of hydrogen-bond acceptors (Lipinski definition) is 6. The summed E-state index contributed by atoms with van der Waals surface area (Å²) >= 11 is 0. The molecule has 2 aliphatic rings. The van der Waals surface area contributed by atoms with Crippen LogP contribution < -0.4 is 19.3 Å². The number of rotatable bonds is 6. The number of nitrogens with zero attached hydrogens (tertiary/aromatic N) is 3. The average Bonchev–Trinajstić information content (AvgIpc) is 3.22. The molecule has 2 saturated heterocycles. The Balaban J connectivity index is 0.000000709. The molecule has 1 N–H and O–H groups in total. The van der Waals surface area contributed by atoms with Crippen LogP contribution in [0.5, 0.6) is 11.6 Å². The third kappa shape index (κ3) is 7.23. The Morgan fingerprint density at radius 3 is 2.42 bits per heavy atom. The first-order valence-electron chi connectivity index (χ1n) is 11.6. The maximum absolute atomic E-state index is 14.3. The van der Waals surface area contributed by atoms with Crippen LogP contribution in [0.3, 0.4) is 0 Å². The molecule has 2 aromatic rings. The number of anilines is 2. The molecule has 4 rings (SSSR count). The van der Waals surface area contributed by atoms with Crippen molar-refractivity contribution < 1.29 is 23.8 Å². The number of carboxylic acids is 1. The molecule has 1 atom stereocenters. The van der Waals surface area contributed by atoms with Crippen molar-refractivity contribution in [2.24, 2.45) is 5.92 Å². The summed E-state index contributed by atoms with van der Waals surface area (Å²) in [5, 5.41) is 7.42. The van der Waals surface area contributed by atoms with E-state index in [-0.39, 0.29) is 11.9 Å². The number of piperidine rings is 1. The quantitative estimate of drug-likeness (QED) is 0.676. The van der Waals surface area contributed by atoms with Gasteiger partial charge in [0, 0.05) is 58.1 Å². The Bertz CT molecular complexity index is 897. The molecule has 0 saturated carbocycles. The van der Waals surface area contributed by atoms with Gasteiger partial charge in [-0.2, -0.15) is 0 Å². The molecule has 1 aromatic heterocycles. The summed E-state index contributed by atoms with van der Waals surface area (Å²) in [7, 11) is 0. The number of aromatic nitrogens is 1. The van der Waals surface area contributed by atoms with Crippen LogP contribution >= 0.6 is 0 Å². The van der Waals surface area contributed by atoms with E-state index in [2.05, 4.69) is 27.8 Å². The minimum absolute atomic E-state index is 0.106. The number of hydrogen-bond donors (Lipinski definition) is 1. The number of carbonyl (C=O) groups is 1. The minimum Gasteiger partial charge on any atom is -0.494 e. The molecule has 0 spiro atoms. The van der Waals surface area contributed by atoms with E-state index < -0.39 is 5.97 Å². The van der Waals surface area contributed by atoms with E-state index in [9.17, 15) is 4.39 Å². The van der Waals surface area contributed by atoms with Gasteiger partial charge in [0.05, 0.1) is 24.2 Å². The van der Waals surface area contributed by atoms with Crippen LogP contribution in [0.15, 0.2) is 36.5 Å². The highest BCUT2D eigenvalue weighted by Crippen LogP contribution is 2.29. The van der Waals surface area contributed by atoms with Gasteiger partial charge in [0.1, 0.15) is 17.7 Å². The molecule has 2 aliphatic heterocycles. The molecule has 1 unspecified atom stereocenters. The number of halogens is 1. The Morgan fingerprint density at radius 2 is 1.85 bits per heavy atom. The van der Waals surface area contributed by atoms with Crippen LogP contribution in [-0.4, -0.2) is 54.9 Å². The Kier molecular flexibility index (Phi) is 8.74. The first kappa shape index (κ1) is 24.6. The molecule has 0 radical (unpaired) electrons. The van der Waals surface area contributed by atoms with Crippen molar-refractivity contribution in [1.82, 2.24) is 4.98 Å². The predicted molar refractivity (Wildman–Crippen MR) is 127 cm³/mol. The number of pyridine rings is 1. The first-order valence-corrected chi connectivity index (χ1v) is 11.6. The highest BCUT2D eigenvalue weighted by Gasteiger charge is 2.24. The fourth-order valence-electron chi connectivity index (χ4n) is 4.18. The molecule has 180 valence electrons. The number of carboxylic acid groups (broad SMARTS) is 1. The number of ether oxygens (including phenoxy) is 2. The number of aliphatic carboxylic acids is 1. The van der Waals surface area contributed by atoms with Crippen molar-refractivity contribution in [3.8, 4) is 11.6 Å². The standard InChI is InChI=1S/C23H30FN3O2.C2H4O2/c1-3-28-20-5-6-21(24)22(14-20)26-12-9-19(10-13-26)29-23-7-4-18(15-25-23)27-11-8-17(2)16-27;1-2(3)4/h4-7,14-15,17,19H,3,8-13,16H2,1-2H3;1H3,(H,3,4). The summed E-state index contributed by atoms with van der Waals surface area (Å²) in [5.41, 5.74) is 1.78. The second-order valence-corrected chi connectivity index (χ2v) is 8.56. The van der Waals surface area contributed by atoms with Crippen molar-refractivity contribution in [2.75, 3.05) is 42.6 Å². The van der Waals surface area contributed by atoms with E-state index in [0.717, 1.165) is 51.9 Å². The van der Waals surface area contributed by atoms with Gasteiger partial charge in [-0.3, -0.25) is 4.79 Å². The highest BCUT2D eigenvalue weighted by molar-refractivity contribution is 5.63. The van der Waals surface area contributed by atoms with Gasteiger partial charge < -0.3 is 24.4 Å². The highest BCUT2D eigenvalue weighted by atomic mass is 19.1. The lowest BCUT2D eigenvalue weighted by molar-refractivity contribution is -0.134. The first-order chi connectivity index (χ1) is 15.9. The topological polar surface area (TPSA) is 75.1 Å². The van der Waals surface area contributed by atoms with Crippen LogP contribution in [0.2, 0.25) is 0 Å². The van der Waals surface area contributed by atoms with Gasteiger partial charge in [-0.1, -0.05) is 6.92 Å². The third-order valence-electron chi connectivity index (χ3n) is 5.81. The van der Waals surface area contributed by atoms with Gasteiger partial charge in [-0.15, -0.1) is 0 Å². The largest absolute Gasteiger partial charge is 0.494 e. The van der Waals surface area contributed by atoms with E-state index in [4.69, 9.17) is 19.4 Å². The van der Waals surface area contributed by atoms with Crippen molar-refractivity contribution in [1.29, 1.82) is 0 Å². The van der Waals surface area contributed by atoms with Gasteiger partial charge in [0.15, 0.2) is 0 Å². The summed E-state index contributed by atoms with van der Waals surface area (Å²) in [4.78, 5) is 18.0. The lowest BCUT2D eigenvalue weighted by Gasteiger charge is -2.33. The smallest absolute Gasteiger partial charge is 0.300 e. The van der Waals surface area contributed by atoms with E-state index in [1.165, 1.54) is 18.2 Å². The fraction of sp³-hybridized carbons (Fsp3) is 0.520. The van der Waals surface area contributed by atoms with Gasteiger partial charge >= 0.3 is 0 Å². The normalized spacial score (nSPS) is 18.5. The SMILES string of the molecule is CC(=O)O.CCOc1ccc(F)c(N2CCC(Oc3ccc(N4CCC(C)C4)cn3)CC2)c1. The molecule has 0 bridgehead atoms. The molecule has 33 heavy (non-hydrogen) atoms. The maximum Gasteiger partial charge on any atom is 0.300 e. The van der Waals surface area contributed by atoms with Crippen LogP contribution in [0, 0.1) is 11.7 Å². The van der Waals surface area contributed by atoms with E-state index in [1.807, 2.05) is 19.2 Å². The summed E-state index contributed by atoms with van der Waals surface area (Å²) in [6.45, 7) is 9.57. The summed E-state index contributed by atoms with van der Waals surface area (Å²) in [6, 6.07) is 9.02. The molecular formula is C25H34FN3O4. The summed E-state index contributed by atoms with van der Waals surface area (Å²) in [5.74, 6) is 1.08. The van der Waals surface area contributed by atoms with Gasteiger partial charge in [-0.25, -0.2) is 9.37 Å². The zero-order chi connectivity index (χ0) is 23.8. The van der Waals surface area contributed by atoms with Crippen LogP contribution in [-0.2, 0) is 4.79 Å². The van der Waals surface area contributed by atoms with Crippen LogP contribution in [0.4, 0.5) is 15.8 Å². The fourth-order valence-corrected chi connectivity index (χ4v) is 4.18. The Morgan fingerprint density at radius 1 is 1.15 bits per heavy atom. The number of benzene rings is 1. The second-order valence-electron chi connectivity index (χ2n) is 8.56. The van der Waals surface area contributed by atoms with Crippen molar-refractivity contribution in [3.05, 3.63) is 42.3 Å². The predicted octanol–water partition coefficient (Wildman–Crippen LogP) is 4.60. The summed E-state index contributed by atoms with van der Waals surface area (Å²) < 4.78 is 25.9. The maximum atomic E-state index is 14.3. The second kappa shape index (κ2) is 11.7. The van der Waals surface area contributed by atoms with E-state index >= 15 is 0 Å². The lowest BCUT2D eigenvalue weighted by atomic mass is 10.1. The molecule has 3 heterocycles. The van der Waals surface area contributed by atoms with Crippen molar-refractivity contribution in [3.63, 3.8) is 0 Å². The van der Waals surface area contributed by atoms with Crippen LogP contribution in [0.1, 0.15) is 40.0 Å². The zero-order valence-corrected chi connectivity index (χ0v) is 19.7. The zero-order valence-electron chi connectivity index (χ0n) is 19.7. The van der Waals surface area contributed by atoms with Gasteiger partial charge in [0.2, 0.25) is 5.88 Å². The molecule has 8 heteroatoms. The molecule has 1 aromatic carbocycles. The third-order valence-corrected chi connectivity index (χ3v) is 5.81.